The normalized spacial score (nSPS) is 21.0. The molecule has 354 valence electrons. The first kappa shape index (κ1) is 95.0. The van der Waals surface area contributed by atoms with Gasteiger partial charge in [-0.3, -0.25) is 37.6 Å². The van der Waals surface area contributed by atoms with E-state index < -0.39 is 169 Å². The van der Waals surface area contributed by atoms with Crippen LogP contribution in [0.3, 0.4) is 0 Å². The van der Waals surface area contributed by atoms with Crippen molar-refractivity contribution in [3.8, 4) is 0 Å². The Balaban J connectivity index is -0.000000553. The molecule has 0 aromatic heterocycles. The van der Waals surface area contributed by atoms with E-state index in [4.69, 9.17) is 9.47 Å². The van der Waals surface area contributed by atoms with E-state index in [0.717, 1.165) is 0 Å². The van der Waals surface area contributed by atoms with Crippen LogP contribution >= 0.6 is 0 Å². The molecule has 0 bridgehead atoms. The third kappa shape index (κ3) is 46.4. The second-order valence-electron chi connectivity index (χ2n) is 9.68. The Kier molecular flexibility index (Phi) is 53.8. The summed E-state index contributed by atoms with van der Waals surface area (Å²) in [6.07, 6.45) is -33.8. The van der Waals surface area contributed by atoms with Crippen LogP contribution in [0.2, 0.25) is 0 Å². The molecule has 0 aromatic carbocycles. The fraction of sp³-hybridized carbons (Fsp3) is 1.00. The van der Waals surface area contributed by atoms with Gasteiger partial charge in [0.05, 0.1) is 19.8 Å². The van der Waals surface area contributed by atoms with Crippen LogP contribution in [0, 0.1) is 0 Å². The molecule has 0 N–H and O–H groups in total. The SMILES string of the molecule is O=S(=O)([O-])OC[C@H](OS(=O)(=O)[O-])[C@@H](O[C@@H]1O[C@H](COS(=O)(=O)[O-])[C@@H](OS(=O)(=O)[O-])[C@H](OS(=O)(=O)[O-])[C@H]1OS(=O)(=O)[O-])[C@H](OS(=O)(=O)[O-])[C@@H](COS(=O)(=O)[O-])OS(=O)(=O)[O-].[Na+].[Na+].[Na+].[Na+].[Na+].[Na+].[Na+].[Na+].[Na+]. The number of hydrogen-bond acceptors (Lipinski definition) is 38. The van der Waals surface area contributed by atoms with Gasteiger partial charge in [-0.1, -0.05) is 0 Å². The first-order valence-electron chi connectivity index (χ1n) is 12.8. The molecule has 0 aliphatic carbocycles. The van der Waals surface area contributed by atoms with E-state index in [2.05, 4.69) is 37.6 Å². The summed E-state index contributed by atoms with van der Waals surface area (Å²) in [4.78, 5) is 0. The van der Waals surface area contributed by atoms with Crippen molar-refractivity contribution in [1.82, 2.24) is 0 Å². The summed E-state index contributed by atoms with van der Waals surface area (Å²) in [6, 6.07) is 0. The first-order chi connectivity index (χ1) is 25.8. The summed E-state index contributed by atoms with van der Waals surface area (Å²) in [5.41, 5.74) is 0. The third-order valence-electron chi connectivity index (χ3n) is 5.47. The average Bonchev–Trinajstić information content (AvgIpc) is 2.92. The molecule has 0 aromatic rings. The minimum absolute atomic E-state index is 0. The Labute approximate surface area is 586 Å². The standard InChI is InChI=1S/C12H24O38S9.9Na/c13-51(14,15)40-1-4-8(47-56(28,29)30)10(49-58(34,35)36)11(50-59(37,38)39)12(43-4)44-7(5(45-54(22,23)24)2-41-52(16,17)18)9(48-57(31,32)33)6(46-55(25,26)27)3-42-53(19,20)21;;;;;;;;;/h4-12H,1-3H2,(H,13,14,15)(H,16,17,18)(H,19,20,21)(H,22,23,24)(H,25,26,27)(H,28,29,30)(H,31,32,33)(H,34,35,36)(H,37,38,39);;;;;;;;;/q;9*+1/p-9/t4-,5+,6-,7-,8-,9-,10+,11-,12+;;;;;;;;;/m1........./s1. The summed E-state index contributed by atoms with van der Waals surface area (Å²) < 4.78 is 352. The molecule has 56 heteroatoms. The third-order valence-corrected chi connectivity index (χ3v) is 9.54. The van der Waals surface area contributed by atoms with Crippen LogP contribution in [0.1, 0.15) is 0 Å². The maximum Gasteiger partial charge on any atom is 1.00 e. The van der Waals surface area contributed by atoms with E-state index in [1.54, 1.807) is 0 Å². The Hall–Kier alpha value is 7.75. The summed E-state index contributed by atoms with van der Waals surface area (Å²) in [5, 5.41) is 0. The Morgan fingerprint density at radius 1 is 0.353 bits per heavy atom. The molecular formula is C12H15Na9O38S9. The molecule has 68 heavy (non-hydrogen) atoms. The first-order valence-corrected chi connectivity index (χ1v) is 24.8. The summed E-state index contributed by atoms with van der Waals surface area (Å²) >= 11 is 0. The van der Waals surface area contributed by atoms with Crippen molar-refractivity contribution in [3.63, 3.8) is 0 Å². The molecule has 1 aliphatic heterocycles. The van der Waals surface area contributed by atoms with Gasteiger partial charge in [0.15, 0.2) is 12.4 Å². The van der Waals surface area contributed by atoms with Crippen molar-refractivity contribution < 1.29 is 430 Å². The van der Waals surface area contributed by atoms with Gasteiger partial charge in [0.1, 0.15) is 42.7 Å². The largest absolute Gasteiger partial charge is 1.00 e. The molecule has 38 nitrogen and oxygen atoms in total. The van der Waals surface area contributed by atoms with Crippen LogP contribution in [0.15, 0.2) is 0 Å². The molecule has 0 unspecified atom stereocenters. The van der Waals surface area contributed by atoms with E-state index in [1.807, 2.05) is 0 Å². The van der Waals surface area contributed by atoms with Crippen LogP contribution in [-0.2, 0) is 141 Å². The topological polar surface area (TPSA) is 616 Å². The minimum Gasteiger partial charge on any atom is -0.726 e. The second-order valence-corrected chi connectivity index (χ2v) is 18.9. The fourth-order valence-electron chi connectivity index (χ4n) is 3.96. The second kappa shape index (κ2) is 38.5. The fourth-order valence-corrected chi connectivity index (χ4v) is 7.78. The van der Waals surface area contributed by atoms with Crippen molar-refractivity contribution in [2.45, 2.75) is 55.1 Å². The summed E-state index contributed by atoms with van der Waals surface area (Å²) in [5.74, 6) is 0. The van der Waals surface area contributed by atoms with Crippen molar-refractivity contribution in [3.05, 3.63) is 0 Å². The molecule has 1 saturated heterocycles. The van der Waals surface area contributed by atoms with E-state index in [1.165, 1.54) is 0 Å². The van der Waals surface area contributed by atoms with E-state index >= 15 is 0 Å². The van der Waals surface area contributed by atoms with Crippen molar-refractivity contribution in [2.75, 3.05) is 19.8 Å². The molecule has 0 saturated carbocycles. The summed E-state index contributed by atoms with van der Waals surface area (Å²) in [6.45, 7) is -7.36. The zero-order valence-electron chi connectivity index (χ0n) is 35.5. The van der Waals surface area contributed by atoms with Gasteiger partial charge in [0.25, 0.3) is 0 Å². The predicted octanol–water partition coefficient (Wildman–Crippen LogP) is -37.4. The van der Waals surface area contributed by atoms with E-state index in [-0.39, 0.29) is 266 Å². The van der Waals surface area contributed by atoms with Gasteiger partial charge in [-0.2, -0.15) is 0 Å². The van der Waals surface area contributed by atoms with Crippen LogP contribution in [-0.4, -0.2) is 192 Å². The Morgan fingerprint density at radius 2 is 0.647 bits per heavy atom. The van der Waals surface area contributed by atoms with Gasteiger partial charge in [0, 0.05) is 0 Å². The van der Waals surface area contributed by atoms with Crippen molar-refractivity contribution in [2.24, 2.45) is 0 Å². The van der Waals surface area contributed by atoms with Gasteiger partial charge in [0.2, 0.25) is 93.6 Å². The van der Waals surface area contributed by atoms with Gasteiger partial charge >= 0.3 is 266 Å². The Bertz CT molecular complexity index is 2510. The molecule has 1 heterocycles. The van der Waals surface area contributed by atoms with Crippen molar-refractivity contribution >= 4 is 93.6 Å². The maximum atomic E-state index is 11.8. The molecular weight excluding hydrogens is 1250 g/mol. The summed E-state index contributed by atoms with van der Waals surface area (Å²) in [7, 11) is -58.8. The average molecular weight is 1260 g/mol. The van der Waals surface area contributed by atoms with E-state index in [9.17, 15) is 117 Å². The van der Waals surface area contributed by atoms with Crippen LogP contribution in [0.25, 0.3) is 0 Å². The molecule has 0 amide bonds. The van der Waals surface area contributed by atoms with Crippen LogP contribution in [0.5, 0.6) is 0 Å². The molecule has 9 atom stereocenters. The maximum absolute atomic E-state index is 11.8. The molecule has 1 aliphatic rings. The zero-order valence-corrected chi connectivity index (χ0v) is 60.9. The molecule has 1 rings (SSSR count). The van der Waals surface area contributed by atoms with E-state index in [0.29, 0.717) is 0 Å². The number of ether oxygens (including phenoxy) is 2. The van der Waals surface area contributed by atoms with Gasteiger partial charge < -0.3 is 50.4 Å². The minimum atomic E-state index is -6.83. The van der Waals surface area contributed by atoms with Gasteiger partial charge in [-0.05, 0) is 0 Å². The zero-order chi connectivity index (χ0) is 46.6. The predicted molar refractivity (Wildman–Crippen MR) is 148 cm³/mol. The van der Waals surface area contributed by atoms with Crippen molar-refractivity contribution in [1.29, 1.82) is 0 Å². The quantitative estimate of drug-likeness (QED) is 0.0441. The monoisotopic (exact) mass is 1260 g/mol. The van der Waals surface area contributed by atoms with Gasteiger partial charge in [-0.25, -0.2) is 75.8 Å². The van der Waals surface area contributed by atoms with Crippen LogP contribution < -0.4 is 266 Å². The molecule has 0 spiro atoms. The van der Waals surface area contributed by atoms with Crippen LogP contribution in [0.4, 0.5) is 0 Å². The molecule has 1 fully saturated rings. The van der Waals surface area contributed by atoms with Gasteiger partial charge in [-0.15, -0.1) is 0 Å². The number of hydrogen-bond donors (Lipinski definition) is 0. The smallest absolute Gasteiger partial charge is 0.726 e. The number of rotatable bonds is 26. The molecule has 0 radical (unpaired) electrons. The Morgan fingerprint density at radius 3 is 0.941 bits per heavy atom.